The maximum Gasteiger partial charge on any atom is 0.416 e. The molecule has 0 spiro atoms. The first kappa shape index (κ1) is 66.2. The number of likely N-dealkylation sites (tertiary alicyclic amines) is 2. The molecule has 12 rings (SSSR count). The van der Waals surface area contributed by atoms with E-state index in [0.29, 0.717) is 73.4 Å². The number of aromatic carboxylic acids is 1. The van der Waals surface area contributed by atoms with Gasteiger partial charge in [-0.2, -0.15) is 26.3 Å². The maximum atomic E-state index is 13.7. The Morgan fingerprint density at radius 1 is 0.562 bits per heavy atom. The fourth-order valence-corrected chi connectivity index (χ4v) is 10.7. The summed E-state index contributed by atoms with van der Waals surface area (Å²) < 4.78 is 92.9. The first-order valence-corrected chi connectivity index (χ1v) is 28.6. The van der Waals surface area contributed by atoms with Crippen molar-refractivity contribution in [2.24, 2.45) is 0 Å². The molecule has 4 aromatic carbocycles. The molecule has 4 N–H and O–H groups in total. The molecule has 4 fully saturated rings. The van der Waals surface area contributed by atoms with Crippen LogP contribution in [0, 0.1) is 13.8 Å². The van der Waals surface area contributed by atoms with Crippen molar-refractivity contribution in [3.63, 3.8) is 0 Å². The number of carboxylic acids is 1. The molecule has 25 heteroatoms. The van der Waals surface area contributed by atoms with Crippen molar-refractivity contribution < 1.29 is 50.5 Å². The molecule has 1 amide bonds. The minimum Gasteiger partial charge on any atom is -0.478 e. The average molecular weight is 1230 g/mol. The summed E-state index contributed by atoms with van der Waals surface area (Å²) in [6.45, 7) is 14.3. The highest BCUT2D eigenvalue weighted by molar-refractivity contribution is 6.04. The zero-order valence-electron chi connectivity index (χ0n) is 48.1. The van der Waals surface area contributed by atoms with E-state index in [1.165, 1.54) is 6.07 Å². The Balaban J connectivity index is 0.000000190. The molecule has 472 valence electrons. The molecule has 8 heterocycles. The minimum absolute atomic E-state index is 0. The van der Waals surface area contributed by atoms with Crippen LogP contribution in [0.2, 0.25) is 0 Å². The number of morpholine rings is 2. The van der Waals surface area contributed by atoms with Crippen LogP contribution >= 0.6 is 0 Å². The number of carbonyl (C=O) groups excluding carboxylic acids is 1. The number of pyridine rings is 2. The number of carboxylic acid groups (broad SMARTS) is 1. The van der Waals surface area contributed by atoms with Gasteiger partial charge < -0.3 is 35.4 Å². The van der Waals surface area contributed by atoms with Crippen molar-refractivity contribution >= 4 is 34.6 Å². The molecule has 0 aliphatic carbocycles. The molecule has 4 aliphatic heterocycles. The van der Waals surface area contributed by atoms with Gasteiger partial charge in [0.1, 0.15) is 11.4 Å². The number of nitrogen functional groups attached to an aromatic ring is 1. The molecule has 0 saturated carbocycles. The van der Waals surface area contributed by atoms with E-state index in [9.17, 15) is 41.0 Å². The Morgan fingerprint density at radius 2 is 1.00 bits per heavy atom. The average Bonchev–Trinajstić information content (AvgIpc) is 2.65. The summed E-state index contributed by atoms with van der Waals surface area (Å²) in [5.74, 6) is -1.49. The van der Waals surface area contributed by atoms with Gasteiger partial charge >= 0.3 is 18.3 Å². The van der Waals surface area contributed by atoms with Gasteiger partial charge in [-0.25, -0.2) is 14.2 Å². The lowest BCUT2D eigenvalue weighted by Gasteiger charge is -2.28. The summed E-state index contributed by atoms with van der Waals surface area (Å²) in [5.41, 5.74) is 14.0. The second-order valence-electron chi connectivity index (χ2n) is 21.8. The lowest BCUT2D eigenvalue weighted by atomic mass is 10.1. The van der Waals surface area contributed by atoms with Gasteiger partial charge in [-0.15, -0.1) is 10.2 Å². The van der Waals surface area contributed by atoms with E-state index in [1.807, 2.05) is 38.4 Å². The summed E-state index contributed by atoms with van der Waals surface area (Å²) >= 11 is 0. The number of nitrogens with zero attached hydrogens (tertiary/aromatic N) is 12. The summed E-state index contributed by atoms with van der Waals surface area (Å²) in [5, 5.41) is 28.9. The lowest BCUT2D eigenvalue weighted by Crippen LogP contribution is -2.36. The van der Waals surface area contributed by atoms with E-state index < -0.39 is 35.4 Å². The summed E-state index contributed by atoms with van der Waals surface area (Å²) in [7, 11) is 0. The molecule has 0 bridgehead atoms. The topological polar surface area (TPSA) is 211 Å². The second kappa shape index (κ2) is 29.5. The van der Waals surface area contributed by atoms with Crippen LogP contribution in [0.3, 0.4) is 0 Å². The van der Waals surface area contributed by atoms with Gasteiger partial charge in [-0.3, -0.25) is 24.6 Å². The number of aryl methyl sites for hydroxylation is 2. The number of amides is 1. The van der Waals surface area contributed by atoms with E-state index in [4.69, 9.17) is 15.2 Å². The highest BCUT2D eigenvalue weighted by Crippen LogP contribution is 2.35. The number of benzene rings is 4. The number of aromatic nitrogens is 8. The molecule has 4 aromatic heterocycles. The third kappa shape index (κ3) is 17.3. The number of nitrogens with one attached hydrogen (secondary N) is 1. The molecule has 0 unspecified atom stereocenters. The van der Waals surface area contributed by atoms with Crippen molar-refractivity contribution in [2.45, 2.75) is 79.8 Å². The molecule has 4 aliphatic rings. The first-order valence-electron chi connectivity index (χ1n) is 28.6. The van der Waals surface area contributed by atoms with Crippen LogP contribution < -0.4 is 20.9 Å². The molecular weight excluding hydrogens is 1160 g/mol. The predicted octanol–water partition coefficient (Wildman–Crippen LogP) is 11.7. The smallest absolute Gasteiger partial charge is 0.416 e. The number of anilines is 4. The van der Waals surface area contributed by atoms with Crippen LogP contribution in [0.1, 0.15) is 94.6 Å². The fourth-order valence-electron chi connectivity index (χ4n) is 10.7. The predicted molar refractivity (Wildman–Crippen MR) is 329 cm³/mol. The molecule has 89 heavy (non-hydrogen) atoms. The van der Waals surface area contributed by atoms with Crippen LogP contribution in [0.15, 0.2) is 122 Å². The highest BCUT2D eigenvalue weighted by atomic mass is 19.4. The van der Waals surface area contributed by atoms with Crippen molar-refractivity contribution in [3.05, 3.63) is 167 Å². The van der Waals surface area contributed by atoms with Gasteiger partial charge in [-0.1, -0.05) is 37.4 Å². The quantitative estimate of drug-likeness (QED) is 0.0724. The normalized spacial score (nSPS) is 15.5. The number of carbonyl (C=O) groups is 2. The third-order valence-electron chi connectivity index (χ3n) is 15.3. The standard InChI is InChI=1S/C31H32F3N7O2.C19H19N5O3.C12H15F3N2.2CH4/c1-21-4-5-23(30(42)36-26-13-22(19-39-6-2-3-7-39)12-25(16-26)31(32,33)34)15-29(21)41-20-28(37-38-41)24-14-27(18-35-17-24)40-8-10-43-11-9-40;1-13-2-3-14(19(25)26)9-18(13)24-12-17(21-22-24)15-8-16(11-20-10-15)23-4-6-27-7-5-23;13-12(14,15)10-5-9(6-11(16)7-10)8-17-3-1-2-4-17;;/h4-5,12-18,20H,2-3,6-11,19H2,1H3,(H,36,42);2-3,8-12H,4-7H2,1H3,(H,25,26);5-7H,1-4,8,16H2;2*1H4. The summed E-state index contributed by atoms with van der Waals surface area (Å²) in [6.07, 6.45) is 6.12. The van der Waals surface area contributed by atoms with E-state index >= 15 is 0 Å². The van der Waals surface area contributed by atoms with Crippen molar-refractivity contribution in [2.75, 3.05) is 99.6 Å². The summed E-state index contributed by atoms with van der Waals surface area (Å²) in [6, 6.07) is 21.6. The number of alkyl halides is 6. The molecule has 19 nitrogen and oxygen atoms in total. The fraction of sp³-hybridized carbons (Fsp3) is 0.375. The van der Waals surface area contributed by atoms with Crippen molar-refractivity contribution in [1.29, 1.82) is 0 Å². The van der Waals surface area contributed by atoms with Crippen molar-refractivity contribution in [3.8, 4) is 33.9 Å². The van der Waals surface area contributed by atoms with E-state index in [1.54, 1.807) is 82.7 Å². The van der Waals surface area contributed by atoms with Gasteiger partial charge in [0.2, 0.25) is 0 Å². The second-order valence-corrected chi connectivity index (χ2v) is 21.8. The Hall–Kier alpha value is -8.78. The molecule has 0 radical (unpaired) electrons. The molecule has 8 aromatic rings. The monoisotopic (exact) mass is 1230 g/mol. The zero-order chi connectivity index (χ0) is 61.2. The number of ether oxygens (including phenoxy) is 2. The van der Waals surface area contributed by atoms with E-state index in [2.05, 4.69) is 55.5 Å². The highest BCUT2D eigenvalue weighted by Gasteiger charge is 2.33. The molecule has 0 atom stereocenters. The molecule has 4 saturated heterocycles. The Labute approximate surface area is 513 Å². The largest absolute Gasteiger partial charge is 0.478 e. The van der Waals surface area contributed by atoms with Crippen LogP contribution in [0.5, 0.6) is 0 Å². The third-order valence-corrected chi connectivity index (χ3v) is 15.3. The van der Waals surface area contributed by atoms with Gasteiger partial charge in [-0.05, 0) is 161 Å². The SMILES string of the molecule is C.C.Cc1ccc(C(=O)Nc2cc(CN3CCCC3)cc(C(F)(F)F)c2)cc1-n1cc(-c2cncc(N3CCOCC3)c2)nn1.Cc1ccc(C(=O)O)cc1-n1cc(-c2cncc(N3CCOCC3)c2)nn1.Nc1cc(CN2CCCC2)cc(C(F)(F)F)c1. The van der Waals surface area contributed by atoms with Crippen LogP contribution in [-0.2, 0) is 34.9 Å². The van der Waals surface area contributed by atoms with E-state index in [0.717, 1.165) is 130 Å². The maximum absolute atomic E-state index is 13.7. The Bertz CT molecular complexity index is 3680. The number of rotatable bonds is 13. The van der Waals surface area contributed by atoms with Crippen LogP contribution in [0.25, 0.3) is 33.9 Å². The zero-order valence-corrected chi connectivity index (χ0v) is 48.1. The number of hydrogen-bond donors (Lipinski definition) is 3. The van der Waals surface area contributed by atoms with Crippen LogP contribution in [0.4, 0.5) is 49.1 Å². The summed E-state index contributed by atoms with van der Waals surface area (Å²) in [4.78, 5) is 41.9. The number of hydrogen-bond acceptors (Lipinski definition) is 15. The van der Waals surface area contributed by atoms with Gasteiger partial charge in [0.25, 0.3) is 5.91 Å². The number of halogens is 6. The van der Waals surface area contributed by atoms with Gasteiger partial charge in [0.15, 0.2) is 0 Å². The first-order chi connectivity index (χ1) is 41.8. The Morgan fingerprint density at radius 3 is 1.46 bits per heavy atom. The number of nitrogens with two attached hydrogens (primary N) is 1. The van der Waals surface area contributed by atoms with E-state index in [-0.39, 0.29) is 37.4 Å². The Kier molecular flexibility index (Phi) is 21.9. The minimum atomic E-state index is -4.53. The van der Waals surface area contributed by atoms with Gasteiger partial charge in [0.05, 0.1) is 90.7 Å². The van der Waals surface area contributed by atoms with Crippen molar-refractivity contribution in [1.82, 2.24) is 49.8 Å². The van der Waals surface area contributed by atoms with Crippen LogP contribution in [-0.4, -0.2) is 146 Å². The lowest BCUT2D eigenvalue weighted by molar-refractivity contribution is -0.138. The molecular formula is C64H74F6N14O5. The van der Waals surface area contributed by atoms with Gasteiger partial charge in [0, 0.05) is 79.7 Å².